The summed E-state index contributed by atoms with van der Waals surface area (Å²) in [6.07, 6.45) is 0.350. The molecule has 22 heavy (non-hydrogen) atoms. The highest BCUT2D eigenvalue weighted by atomic mass is 32.2. The number of sulfone groups is 1. The van der Waals surface area contributed by atoms with Crippen LogP contribution in [-0.4, -0.2) is 43.4 Å². The van der Waals surface area contributed by atoms with Gasteiger partial charge in [0.05, 0.1) is 17.2 Å². The maximum absolute atomic E-state index is 12.4. The Bertz CT molecular complexity index is 745. The first kappa shape index (κ1) is 14.8. The molecule has 2 aliphatic heterocycles. The first-order valence-corrected chi connectivity index (χ1v) is 8.73. The number of carbonyl (C=O) groups excluding carboxylic acids is 2. The highest BCUT2D eigenvalue weighted by Crippen LogP contribution is 2.33. The van der Waals surface area contributed by atoms with Crippen molar-refractivity contribution in [3.8, 4) is 5.75 Å². The van der Waals surface area contributed by atoms with Crippen LogP contribution in [0.5, 0.6) is 5.75 Å². The number of carbonyl (C=O) groups is 2. The van der Waals surface area contributed by atoms with E-state index in [-0.39, 0.29) is 11.5 Å². The van der Waals surface area contributed by atoms with Crippen molar-refractivity contribution in [2.75, 3.05) is 16.8 Å². The first-order chi connectivity index (χ1) is 10.3. The van der Waals surface area contributed by atoms with E-state index < -0.39 is 33.3 Å². The van der Waals surface area contributed by atoms with Gasteiger partial charge in [-0.3, -0.25) is 9.59 Å². The van der Waals surface area contributed by atoms with Crippen LogP contribution in [0.25, 0.3) is 0 Å². The number of anilines is 1. The number of fused-ring (bicyclic) bond motifs is 1. The van der Waals surface area contributed by atoms with Gasteiger partial charge in [0.25, 0.3) is 17.4 Å². The Morgan fingerprint density at radius 1 is 1.41 bits per heavy atom. The van der Waals surface area contributed by atoms with Crippen molar-refractivity contribution in [1.82, 2.24) is 5.32 Å². The SMILES string of the molecule is C[C@@]1(C(=O)N[C@H]2CCS(=O)(=O)C2)Oc2ccccc2NC1=O. The van der Waals surface area contributed by atoms with Crippen molar-refractivity contribution >= 4 is 27.3 Å². The molecule has 8 heteroatoms. The molecule has 0 aliphatic carbocycles. The molecule has 2 N–H and O–H groups in total. The molecule has 7 nitrogen and oxygen atoms in total. The topological polar surface area (TPSA) is 102 Å². The molecule has 3 rings (SSSR count). The lowest BCUT2D eigenvalue weighted by atomic mass is 10.0. The number of hydrogen-bond donors (Lipinski definition) is 2. The number of hydrogen-bond acceptors (Lipinski definition) is 5. The van der Waals surface area contributed by atoms with Crippen molar-refractivity contribution in [1.29, 1.82) is 0 Å². The molecule has 1 fully saturated rings. The van der Waals surface area contributed by atoms with E-state index >= 15 is 0 Å². The van der Waals surface area contributed by atoms with E-state index in [9.17, 15) is 18.0 Å². The van der Waals surface area contributed by atoms with E-state index in [1.54, 1.807) is 24.3 Å². The Hall–Kier alpha value is -2.09. The fourth-order valence-electron chi connectivity index (χ4n) is 2.55. The Kier molecular flexibility index (Phi) is 3.36. The first-order valence-electron chi connectivity index (χ1n) is 6.91. The molecule has 0 saturated carbocycles. The Labute approximate surface area is 128 Å². The molecular formula is C14H16N2O5S. The molecular weight excluding hydrogens is 308 g/mol. The van der Waals surface area contributed by atoms with Crippen LogP contribution < -0.4 is 15.4 Å². The summed E-state index contributed by atoms with van der Waals surface area (Å²) in [6.45, 7) is 1.37. The van der Waals surface area contributed by atoms with Crippen molar-refractivity contribution in [3.05, 3.63) is 24.3 Å². The third-order valence-corrected chi connectivity index (χ3v) is 5.65. The lowest BCUT2D eigenvalue weighted by Crippen LogP contribution is -2.60. The predicted octanol–water partition coefficient (Wildman–Crippen LogP) is 0.0795. The minimum Gasteiger partial charge on any atom is -0.466 e. The summed E-state index contributed by atoms with van der Waals surface area (Å²) in [7, 11) is -3.11. The van der Waals surface area contributed by atoms with Gasteiger partial charge >= 0.3 is 0 Å². The predicted molar refractivity (Wildman–Crippen MR) is 79.3 cm³/mol. The number of rotatable bonds is 2. The molecule has 0 aromatic heterocycles. The maximum atomic E-state index is 12.4. The highest BCUT2D eigenvalue weighted by molar-refractivity contribution is 7.91. The second-order valence-corrected chi connectivity index (χ2v) is 7.89. The van der Waals surface area contributed by atoms with Gasteiger partial charge in [-0.2, -0.15) is 0 Å². The van der Waals surface area contributed by atoms with Crippen LogP contribution in [0.15, 0.2) is 24.3 Å². The Morgan fingerprint density at radius 3 is 2.82 bits per heavy atom. The van der Waals surface area contributed by atoms with Gasteiger partial charge in [-0.05, 0) is 25.5 Å². The minimum absolute atomic E-state index is 0.0462. The van der Waals surface area contributed by atoms with Gasteiger partial charge in [0.15, 0.2) is 9.84 Å². The smallest absolute Gasteiger partial charge is 0.278 e. The highest BCUT2D eigenvalue weighted by Gasteiger charge is 2.48. The van der Waals surface area contributed by atoms with E-state index in [0.29, 0.717) is 17.9 Å². The number of para-hydroxylation sites is 2. The normalized spacial score (nSPS) is 29.1. The van der Waals surface area contributed by atoms with Crippen LogP contribution >= 0.6 is 0 Å². The van der Waals surface area contributed by atoms with Gasteiger partial charge in [-0.15, -0.1) is 0 Å². The largest absolute Gasteiger partial charge is 0.466 e. The van der Waals surface area contributed by atoms with Gasteiger partial charge in [-0.1, -0.05) is 12.1 Å². The summed E-state index contributed by atoms with van der Waals surface area (Å²) in [5.74, 6) is -0.873. The van der Waals surface area contributed by atoms with Crippen LogP contribution in [0.2, 0.25) is 0 Å². The summed E-state index contributed by atoms with van der Waals surface area (Å²) in [5, 5.41) is 5.23. The third kappa shape index (κ3) is 2.54. The van der Waals surface area contributed by atoms with E-state index in [1.807, 2.05) is 0 Å². The summed E-state index contributed by atoms with van der Waals surface area (Å²) in [4.78, 5) is 24.6. The lowest BCUT2D eigenvalue weighted by molar-refractivity contribution is -0.147. The fourth-order valence-corrected chi connectivity index (χ4v) is 4.22. The Morgan fingerprint density at radius 2 is 2.14 bits per heavy atom. The number of amides is 2. The summed E-state index contributed by atoms with van der Waals surface area (Å²) in [6, 6.07) is 6.32. The van der Waals surface area contributed by atoms with Crippen LogP contribution in [-0.2, 0) is 19.4 Å². The van der Waals surface area contributed by atoms with E-state index in [2.05, 4.69) is 10.6 Å². The van der Waals surface area contributed by atoms with Crippen molar-refractivity contribution < 1.29 is 22.7 Å². The van der Waals surface area contributed by atoms with E-state index in [4.69, 9.17) is 4.74 Å². The molecule has 2 amide bonds. The summed E-state index contributed by atoms with van der Waals surface area (Å²) < 4.78 is 28.5. The number of ether oxygens (including phenoxy) is 1. The van der Waals surface area contributed by atoms with E-state index in [0.717, 1.165) is 0 Å². The van der Waals surface area contributed by atoms with Crippen LogP contribution in [0, 0.1) is 0 Å². The van der Waals surface area contributed by atoms with Crippen molar-refractivity contribution in [2.45, 2.75) is 25.0 Å². The second kappa shape index (κ2) is 4.98. The second-order valence-electron chi connectivity index (χ2n) is 5.66. The van der Waals surface area contributed by atoms with E-state index in [1.165, 1.54) is 6.92 Å². The van der Waals surface area contributed by atoms with Crippen molar-refractivity contribution in [2.24, 2.45) is 0 Å². The number of benzene rings is 1. The molecule has 1 aromatic carbocycles. The summed E-state index contributed by atoms with van der Waals surface area (Å²) in [5.41, 5.74) is -1.22. The average molecular weight is 324 g/mol. The average Bonchev–Trinajstić information content (AvgIpc) is 2.79. The van der Waals surface area contributed by atoms with Crippen LogP contribution in [0.3, 0.4) is 0 Å². The quantitative estimate of drug-likeness (QED) is 0.750. The van der Waals surface area contributed by atoms with Crippen LogP contribution in [0.4, 0.5) is 5.69 Å². The summed E-state index contributed by atoms with van der Waals surface area (Å²) >= 11 is 0. The molecule has 1 aromatic rings. The van der Waals surface area contributed by atoms with Crippen LogP contribution in [0.1, 0.15) is 13.3 Å². The molecule has 0 radical (unpaired) electrons. The number of nitrogens with one attached hydrogen (secondary N) is 2. The Balaban J connectivity index is 1.78. The zero-order valence-electron chi connectivity index (χ0n) is 12.0. The zero-order chi connectivity index (χ0) is 16.0. The molecule has 0 unspecified atom stereocenters. The monoisotopic (exact) mass is 324 g/mol. The molecule has 2 heterocycles. The standard InChI is InChI=1S/C14H16N2O5S/c1-14(12(17)15-9-6-7-22(19,20)8-9)13(18)16-10-4-2-3-5-11(10)21-14/h2-5,9H,6-8H2,1H3,(H,15,17)(H,16,18)/t9-,14-/m0/s1. The van der Waals surface area contributed by atoms with Gasteiger partial charge < -0.3 is 15.4 Å². The van der Waals surface area contributed by atoms with Gasteiger partial charge in [-0.25, -0.2) is 8.42 Å². The fraction of sp³-hybridized carbons (Fsp3) is 0.429. The molecule has 1 saturated heterocycles. The third-order valence-electron chi connectivity index (χ3n) is 3.88. The minimum atomic E-state index is -3.11. The van der Waals surface area contributed by atoms with Gasteiger partial charge in [0.1, 0.15) is 5.75 Å². The molecule has 2 atom stereocenters. The molecule has 2 aliphatic rings. The maximum Gasteiger partial charge on any atom is 0.278 e. The molecule has 0 spiro atoms. The van der Waals surface area contributed by atoms with Gasteiger partial charge in [0, 0.05) is 6.04 Å². The van der Waals surface area contributed by atoms with Gasteiger partial charge in [0.2, 0.25) is 0 Å². The van der Waals surface area contributed by atoms with Crippen molar-refractivity contribution in [3.63, 3.8) is 0 Å². The molecule has 0 bridgehead atoms. The molecule has 118 valence electrons. The lowest BCUT2D eigenvalue weighted by Gasteiger charge is -2.33. The zero-order valence-corrected chi connectivity index (χ0v) is 12.8.